The van der Waals surface area contributed by atoms with Crippen molar-refractivity contribution in [2.45, 2.75) is 182 Å². The first kappa shape index (κ1) is 95.8. The number of hydrogen-bond acceptors (Lipinski definition) is 21. The monoisotopic (exact) mass is 1410 g/mol. The summed E-state index contributed by atoms with van der Waals surface area (Å²) in [6, 6.07) is 0. The van der Waals surface area contributed by atoms with E-state index in [0.717, 1.165) is 155 Å². The molecule has 0 saturated heterocycles. The number of thioether (sulfide) groups is 6. The van der Waals surface area contributed by atoms with Crippen LogP contribution in [0.25, 0.3) is 0 Å². The van der Waals surface area contributed by atoms with E-state index in [-0.39, 0.29) is 38.5 Å². The van der Waals surface area contributed by atoms with Gasteiger partial charge in [0.05, 0.1) is 150 Å². The topological polar surface area (TPSA) is 168 Å². The predicted octanol–water partition coefficient (Wildman–Crippen LogP) is 15.3. The molecule has 2 N–H and O–H groups in total. The summed E-state index contributed by atoms with van der Waals surface area (Å²) < 4.78 is 66.8. The van der Waals surface area contributed by atoms with Crippen LogP contribution in [0.1, 0.15) is 170 Å². The third-order valence-corrected chi connectivity index (χ3v) is 17.2. The lowest BCUT2D eigenvalue weighted by Gasteiger charge is -2.19. The van der Waals surface area contributed by atoms with Crippen LogP contribution in [-0.4, -0.2) is 243 Å². The van der Waals surface area contributed by atoms with Gasteiger partial charge in [-0.2, -0.15) is 70.6 Å². The number of aliphatic hydroxyl groups is 2. The highest BCUT2D eigenvalue weighted by molar-refractivity contribution is 8.00. The molecule has 0 spiro atoms. The summed E-state index contributed by atoms with van der Waals surface area (Å²) >= 11 is 11.0. The van der Waals surface area contributed by atoms with Crippen molar-refractivity contribution in [1.82, 2.24) is 0 Å². The number of carbonyl (C=O) groups excluding carboxylic acids is 1. The molecule has 0 aromatic rings. The number of allylic oxidation sites excluding steroid dienone is 1. The van der Waals surface area contributed by atoms with E-state index in [4.69, 9.17) is 56.8 Å². The lowest BCUT2D eigenvalue weighted by Crippen LogP contribution is -2.23. The van der Waals surface area contributed by atoms with E-state index >= 15 is 0 Å². The SMILES string of the molecule is C=C(CCCCSCCOCCOCCSCCCC(=O)OCC(C)(C)C)OCC(C)(C)C.CC(C)(C)COCC(O)CSCCOCCOCCSCC(O)COCC(C)(C)C.CC(C)(C)COCCCSCCOCCOCCSCCCOCC(C)(C)C. The van der Waals surface area contributed by atoms with Crippen LogP contribution >= 0.6 is 70.6 Å². The predicted molar refractivity (Wildman–Crippen MR) is 399 cm³/mol. The largest absolute Gasteiger partial charge is 0.498 e. The van der Waals surface area contributed by atoms with Crippen molar-refractivity contribution in [3.63, 3.8) is 0 Å². The Balaban J connectivity index is -0.00000128. The molecule has 0 fully saturated rings. The molecule has 548 valence electrons. The Kier molecular flexibility index (Phi) is 66.2. The average molecular weight is 1420 g/mol. The summed E-state index contributed by atoms with van der Waals surface area (Å²) in [5, 5.41) is 19.7. The van der Waals surface area contributed by atoms with Gasteiger partial charge in [-0.25, -0.2) is 0 Å². The highest BCUT2D eigenvalue weighted by Gasteiger charge is 2.17. The molecule has 0 amide bonds. The van der Waals surface area contributed by atoms with Gasteiger partial charge in [-0.15, -0.1) is 0 Å². The van der Waals surface area contributed by atoms with Crippen LogP contribution in [-0.2, 0) is 61.6 Å². The van der Waals surface area contributed by atoms with Crippen LogP contribution in [0.3, 0.4) is 0 Å². The van der Waals surface area contributed by atoms with Gasteiger partial charge in [-0.05, 0) is 87.6 Å². The fourth-order valence-corrected chi connectivity index (χ4v) is 11.2. The summed E-state index contributed by atoms with van der Waals surface area (Å²) in [5.74, 6) is 12.3. The van der Waals surface area contributed by atoms with Gasteiger partial charge in [0.1, 0.15) is 0 Å². The van der Waals surface area contributed by atoms with E-state index in [2.05, 4.69) is 131 Å². The number of ether oxygens (including phenoxy) is 12. The standard InChI is InChI=1S/C26H50O5S2.C22H46O6S2.C22H46O4S2/c1-23(30-21-25(2,3)4)11-8-9-17-32-19-15-28-13-14-29-16-20-33-18-10-12-24(27)31-22-26(5,6)7;1-21(2,3)17-27-13-19(23)15-29-11-9-25-7-8-26-10-12-30-16-20(24)14-28-18-22(4,5)6;1-21(2,3)19-25-9-7-15-27-17-13-23-11-12-24-14-18-28-16-8-10-26-20-22(4,5)6/h1,8-22H2,2-7H3;19-20,23-24H,7-18H2,1-6H3;7-20H2,1-6H3. The molecule has 0 aromatic heterocycles. The molecule has 0 aliphatic carbocycles. The second-order valence-corrected chi connectivity index (χ2v) is 37.0. The summed E-state index contributed by atoms with van der Waals surface area (Å²) in [6.07, 6.45) is 5.99. The fourth-order valence-electron chi connectivity index (χ4n) is 6.51. The molecule has 2 atom stereocenters. The van der Waals surface area contributed by atoms with Crippen LogP contribution in [0.15, 0.2) is 12.3 Å². The summed E-state index contributed by atoms with van der Waals surface area (Å²) in [7, 11) is 0. The van der Waals surface area contributed by atoms with Crippen LogP contribution in [0.4, 0.5) is 0 Å². The van der Waals surface area contributed by atoms with Crippen molar-refractivity contribution in [2.24, 2.45) is 32.5 Å². The molecule has 15 nitrogen and oxygen atoms in total. The van der Waals surface area contributed by atoms with E-state index in [9.17, 15) is 15.0 Å². The van der Waals surface area contributed by atoms with Crippen molar-refractivity contribution in [1.29, 1.82) is 0 Å². The molecule has 0 rings (SSSR count). The molecular formula is C70H142O15S6. The molecule has 0 radical (unpaired) electrons. The summed E-state index contributed by atoms with van der Waals surface area (Å²) in [4.78, 5) is 11.6. The molecule has 0 aromatic carbocycles. The fraction of sp³-hybridized carbons (Fsp3) is 0.957. The molecule has 91 heavy (non-hydrogen) atoms. The Bertz CT molecular complexity index is 1450. The van der Waals surface area contributed by atoms with E-state index in [1.807, 2.05) is 47.0 Å². The molecule has 0 saturated carbocycles. The van der Waals surface area contributed by atoms with Crippen LogP contribution in [0, 0.1) is 32.5 Å². The molecule has 2 unspecified atom stereocenters. The van der Waals surface area contributed by atoms with Crippen molar-refractivity contribution in [2.75, 3.05) is 214 Å². The smallest absolute Gasteiger partial charge is 0.305 e. The van der Waals surface area contributed by atoms with Gasteiger partial charge in [0.2, 0.25) is 0 Å². The third-order valence-electron chi connectivity index (χ3n) is 10.9. The second-order valence-electron chi connectivity index (χ2n) is 29.8. The minimum atomic E-state index is -0.429. The van der Waals surface area contributed by atoms with E-state index in [1.54, 1.807) is 23.5 Å². The van der Waals surface area contributed by atoms with Gasteiger partial charge in [-0.3, -0.25) is 4.79 Å². The molecule has 0 aliphatic rings. The normalized spacial score (nSPS) is 13.1. The van der Waals surface area contributed by atoms with Gasteiger partial charge in [-0.1, -0.05) is 131 Å². The van der Waals surface area contributed by atoms with Gasteiger partial charge in [0, 0.05) is 72.1 Å². The Morgan fingerprint density at radius 3 is 0.923 bits per heavy atom. The second kappa shape index (κ2) is 62.9. The van der Waals surface area contributed by atoms with Gasteiger partial charge in [0.25, 0.3) is 0 Å². The van der Waals surface area contributed by atoms with Crippen molar-refractivity contribution in [3.8, 4) is 0 Å². The lowest BCUT2D eigenvalue weighted by atomic mass is 9.99. The van der Waals surface area contributed by atoms with E-state index in [0.29, 0.717) is 104 Å². The zero-order valence-corrected chi connectivity index (χ0v) is 66.4. The maximum atomic E-state index is 11.6. The summed E-state index contributed by atoms with van der Waals surface area (Å²) in [5.41, 5.74) is 1.01. The Morgan fingerprint density at radius 2 is 0.593 bits per heavy atom. The lowest BCUT2D eigenvalue weighted by molar-refractivity contribution is -0.146. The van der Waals surface area contributed by atoms with Crippen molar-refractivity contribution in [3.05, 3.63) is 12.3 Å². The number of rotatable bonds is 59. The van der Waals surface area contributed by atoms with Crippen LogP contribution < -0.4 is 0 Å². The van der Waals surface area contributed by atoms with Crippen molar-refractivity contribution >= 4 is 76.5 Å². The van der Waals surface area contributed by atoms with Crippen LogP contribution in [0.5, 0.6) is 0 Å². The number of hydrogen-bond donors (Lipinski definition) is 2. The molecule has 21 heteroatoms. The highest BCUT2D eigenvalue weighted by atomic mass is 32.2. The first-order valence-electron chi connectivity index (χ1n) is 33.8. The Labute approximate surface area is 585 Å². The Morgan fingerprint density at radius 1 is 0.308 bits per heavy atom. The number of aliphatic hydroxyl groups excluding tert-OH is 2. The zero-order chi connectivity index (χ0) is 69.0. The quantitative estimate of drug-likeness (QED) is 0.0335. The first-order valence-corrected chi connectivity index (χ1v) is 40.7. The molecular weight excluding hydrogens is 1270 g/mol. The van der Waals surface area contributed by atoms with Crippen LogP contribution in [0.2, 0.25) is 0 Å². The maximum Gasteiger partial charge on any atom is 0.305 e. The summed E-state index contributed by atoms with van der Waals surface area (Å²) in [6.45, 7) is 57.5. The van der Waals surface area contributed by atoms with E-state index < -0.39 is 12.2 Å². The first-order chi connectivity index (χ1) is 42.7. The molecule has 0 bridgehead atoms. The Hall–Kier alpha value is 0.630. The zero-order valence-electron chi connectivity index (χ0n) is 61.5. The highest BCUT2D eigenvalue weighted by Crippen LogP contribution is 2.20. The number of esters is 1. The third kappa shape index (κ3) is 94.9. The average Bonchev–Trinajstić information content (AvgIpc) is 3.51. The minimum absolute atomic E-state index is 0.0300. The molecule has 0 heterocycles. The van der Waals surface area contributed by atoms with E-state index in [1.165, 1.54) is 6.42 Å². The van der Waals surface area contributed by atoms with Gasteiger partial charge in [0.15, 0.2) is 0 Å². The van der Waals surface area contributed by atoms with Gasteiger partial charge >= 0.3 is 5.97 Å². The van der Waals surface area contributed by atoms with Gasteiger partial charge < -0.3 is 67.1 Å². The molecule has 0 aliphatic heterocycles. The number of carbonyl (C=O) groups is 1. The number of unbranched alkanes of at least 4 members (excludes halogenated alkanes) is 1. The van der Waals surface area contributed by atoms with Crippen molar-refractivity contribution < 1.29 is 71.8 Å². The minimum Gasteiger partial charge on any atom is -0.498 e. The maximum absolute atomic E-state index is 11.6.